The second-order valence-electron chi connectivity index (χ2n) is 5.44. The lowest BCUT2D eigenvalue weighted by Crippen LogP contribution is -2.34. The number of hydrogen-bond donors (Lipinski definition) is 1. The first-order valence-electron chi connectivity index (χ1n) is 6.87. The summed E-state index contributed by atoms with van der Waals surface area (Å²) in [5.74, 6) is 1.52. The molecule has 0 aliphatic carbocycles. The Morgan fingerprint density at radius 1 is 1.37 bits per heavy atom. The molecule has 0 saturated carbocycles. The topological polar surface area (TPSA) is 46.9 Å². The van der Waals surface area contributed by atoms with Crippen LogP contribution in [0.4, 0.5) is 0 Å². The molecule has 1 rings (SSSR count). The molecule has 0 aromatic carbocycles. The van der Waals surface area contributed by atoms with Crippen molar-refractivity contribution in [3.63, 3.8) is 0 Å². The summed E-state index contributed by atoms with van der Waals surface area (Å²) >= 11 is 2.04. The van der Waals surface area contributed by atoms with E-state index in [4.69, 9.17) is 0 Å². The molecule has 1 unspecified atom stereocenters. The van der Waals surface area contributed by atoms with Gasteiger partial charge in [0.2, 0.25) is 0 Å². The fourth-order valence-electron chi connectivity index (χ4n) is 1.92. The maximum Gasteiger partial charge on any atom is 0.266 e. The number of halogens is 1. The predicted octanol–water partition coefficient (Wildman–Crippen LogP) is 2.57. The van der Waals surface area contributed by atoms with Gasteiger partial charge in [-0.15, -0.1) is 0 Å². The average molecular weight is 377 g/mol. The SMILES string of the molecule is Cc1ncc(I)c(=O)n1CCNC(C)CCC(C)C. The highest BCUT2D eigenvalue weighted by atomic mass is 127. The molecular weight excluding hydrogens is 353 g/mol. The van der Waals surface area contributed by atoms with E-state index in [2.05, 4.69) is 31.1 Å². The van der Waals surface area contributed by atoms with Gasteiger partial charge >= 0.3 is 0 Å². The second kappa shape index (κ2) is 7.99. The molecule has 1 N–H and O–H groups in total. The van der Waals surface area contributed by atoms with Gasteiger partial charge in [-0.25, -0.2) is 4.98 Å². The number of aryl methyl sites for hydroxylation is 1. The van der Waals surface area contributed by atoms with Crippen molar-refractivity contribution in [1.29, 1.82) is 0 Å². The number of hydrogen-bond acceptors (Lipinski definition) is 3. The monoisotopic (exact) mass is 377 g/mol. The predicted molar refractivity (Wildman–Crippen MR) is 87.5 cm³/mol. The normalized spacial score (nSPS) is 12.9. The fourth-order valence-corrected chi connectivity index (χ4v) is 2.35. The summed E-state index contributed by atoms with van der Waals surface area (Å²) < 4.78 is 2.42. The largest absolute Gasteiger partial charge is 0.312 e. The fraction of sp³-hybridized carbons (Fsp3) is 0.714. The van der Waals surface area contributed by atoms with Crippen LogP contribution in [0.25, 0.3) is 0 Å². The van der Waals surface area contributed by atoms with E-state index in [9.17, 15) is 4.79 Å². The third-order valence-electron chi connectivity index (χ3n) is 3.21. The van der Waals surface area contributed by atoms with Crippen molar-refractivity contribution in [2.45, 2.75) is 53.1 Å². The van der Waals surface area contributed by atoms with E-state index >= 15 is 0 Å². The van der Waals surface area contributed by atoms with Crippen LogP contribution < -0.4 is 10.9 Å². The zero-order valence-corrected chi connectivity index (χ0v) is 14.4. The molecule has 1 atom stereocenters. The molecule has 0 aliphatic rings. The minimum atomic E-state index is 0.0599. The Kier molecular flexibility index (Phi) is 6.99. The van der Waals surface area contributed by atoms with Crippen LogP contribution in [0.5, 0.6) is 0 Å². The molecule has 1 aromatic rings. The van der Waals surface area contributed by atoms with Gasteiger partial charge in [0.1, 0.15) is 5.82 Å². The van der Waals surface area contributed by atoms with Crippen LogP contribution in [0.1, 0.15) is 39.4 Å². The molecule has 0 bridgehead atoms. The van der Waals surface area contributed by atoms with Gasteiger partial charge in [-0.05, 0) is 55.2 Å². The molecule has 19 heavy (non-hydrogen) atoms. The minimum absolute atomic E-state index is 0.0599. The van der Waals surface area contributed by atoms with E-state index in [0.29, 0.717) is 16.2 Å². The highest BCUT2D eigenvalue weighted by Crippen LogP contribution is 2.06. The molecule has 1 heterocycles. The summed E-state index contributed by atoms with van der Waals surface area (Å²) in [4.78, 5) is 16.2. The Morgan fingerprint density at radius 2 is 2.05 bits per heavy atom. The first kappa shape index (κ1) is 16.6. The maximum atomic E-state index is 12.0. The lowest BCUT2D eigenvalue weighted by atomic mass is 10.0. The van der Waals surface area contributed by atoms with E-state index in [1.165, 1.54) is 12.8 Å². The van der Waals surface area contributed by atoms with Gasteiger partial charge in [0.25, 0.3) is 5.56 Å². The van der Waals surface area contributed by atoms with Gasteiger partial charge in [-0.3, -0.25) is 9.36 Å². The van der Waals surface area contributed by atoms with Crippen molar-refractivity contribution >= 4 is 22.6 Å². The standard InChI is InChI=1S/C14H24IN3O/c1-10(2)5-6-11(3)16-7-8-18-12(4)17-9-13(15)14(18)19/h9-11,16H,5-8H2,1-4H3. The summed E-state index contributed by atoms with van der Waals surface area (Å²) in [5, 5.41) is 3.47. The van der Waals surface area contributed by atoms with Gasteiger partial charge in [-0.2, -0.15) is 0 Å². The Bertz CT molecular complexity index is 456. The first-order valence-corrected chi connectivity index (χ1v) is 7.95. The van der Waals surface area contributed by atoms with Crippen LogP contribution in [-0.4, -0.2) is 22.1 Å². The van der Waals surface area contributed by atoms with Gasteiger partial charge < -0.3 is 5.32 Å². The van der Waals surface area contributed by atoms with Crippen LogP contribution in [0, 0.1) is 16.4 Å². The van der Waals surface area contributed by atoms with Crippen molar-refractivity contribution in [3.05, 3.63) is 25.9 Å². The molecule has 0 radical (unpaired) electrons. The molecular formula is C14H24IN3O. The van der Waals surface area contributed by atoms with Crippen molar-refractivity contribution < 1.29 is 0 Å². The van der Waals surface area contributed by atoms with E-state index in [1.807, 2.05) is 29.5 Å². The molecule has 0 amide bonds. The summed E-state index contributed by atoms with van der Waals surface area (Å²) in [6.07, 6.45) is 4.04. The van der Waals surface area contributed by atoms with Crippen molar-refractivity contribution in [2.24, 2.45) is 5.92 Å². The average Bonchev–Trinajstić information content (AvgIpc) is 2.35. The lowest BCUT2D eigenvalue weighted by Gasteiger charge is -2.16. The molecule has 1 aromatic heterocycles. The van der Waals surface area contributed by atoms with Crippen LogP contribution >= 0.6 is 22.6 Å². The highest BCUT2D eigenvalue weighted by molar-refractivity contribution is 14.1. The summed E-state index contributed by atoms with van der Waals surface area (Å²) in [5.41, 5.74) is 0.0599. The van der Waals surface area contributed by atoms with Crippen molar-refractivity contribution in [3.8, 4) is 0 Å². The Morgan fingerprint density at radius 3 is 2.68 bits per heavy atom. The first-order chi connectivity index (χ1) is 8.91. The van der Waals surface area contributed by atoms with Gasteiger partial charge in [-0.1, -0.05) is 13.8 Å². The zero-order chi connectivity index (χ0) is 14.4. The van der Waals surface area contributed by atoms with Gasteiger partial charge in [0.15, 0.2) is 0 Å². The minimum Gasteiger partial charge on any atom is -0.312 e. The van der Waals surface area contributed by atoms with Crippen LogP contribution in [-0.2, 0) is 6.54 Å². The Labute approximate surface area is 129 Å². The highest BCUT2D eigenvalue weighted by Gasteiger charge is 2.06. The smallest absolute Gasteiger partial charge is 0.266 e. The summed E-state index contributed by atoms with van der Waals surface area (Å²) in [6, 6.07) is 0.495. The van der Waals surface area contributed by atoms with E-state index < -0.39 is 0 Å². The van der Waals surface area contributed by atoms with Crippen molar-refractivity contribution in [2.75, 3.05) is 6.54 Å². The lowest BCUT2D eigenvalue weighted by molar-refractivity contribution is 0.437. The zero-order valence-electron chi connectivity index (χ0n) is 12.2. The molecule has 0 aliphatic heterocycles. The third kappa shape index (κ3) is 5.60. The molecule has 4 nitrogen and oxygen atoms in total. The van der Waals surface area contributed by atoms with E-state index in [-0.39, 0.29) is 5.56 Å². The Balaban J connectivity index is 2.45. The van der Waals surface area contributed by atoms with Crippen LogP contribution in [0.15, 0.2) is 11.0 Å². The molecule has 108 valence electrons. The molecule has 0 spiro atoms. The molecule has 5 heteroatoms. The van der Waals surface area contributed by atoms with Gasteiger partial charge in [0, 0.05) is 25.3 Å². The van der Waals surface area contributed by atoms with Crippen molar-refractivity contribution in [1.82, 2.24) is 14.9 Å². The number of aromatic nitrogens is 2. The summed E-state index contributed by atoms with van der Waals surface area (Å²) in [6.45, 7) is 10.0. The number of nitrogens with zero attached hydrogens (tertiary/aromatic N) is 2. The van der Waals surface area contributed by atoms with Gasteiger partial charge in [0.05, 0.1) is 3.57 Å². The molecule has 0 fully saturated rings. The molecule has 0 saturated heterocycles. The summed E-state index contributed by atoms with van der Waals surface area (Å²) in [7, 11) is 0. The quantitative estimate of drug-likeness (QED) is 0.743. The van der Waals surface area contributed by atoms with Crippen LogP contribution in [0.2, 0.25) is 0 Å². The maximum absolute atomic E-state index is 12.0. The number of rotatable bonds is 7. The Hall–Kier alpha value is -0.430. The van der Waals surface area contributed by atoms with E-state index in [0.717, 1.165) is 18.3 Å². The number of nitrogens with one attached hydrogen (secondary N) is 1. The van der Waals surface area contributed by atoms with E-state index in [1.54, 1.807) is 10.8 Å². The second-order valence-corrected chi connectivity index (χ2v) is 6.60. The third-order valence-corrected chi connectivity index (χ3v) is 3.95. The van der Waals surface area contributed by atoms with Crippen LogP contribution in [0.3, 0.4) is 0 Å².